The van der Waals surface area contributed by atoms with Crippen molar-refractivity contribution in [2.45, 2.75) is 96.3 Å². The first-order chi connectivity index (χ1) is 39.4. The van der Waals surface area contributed by atoms with Crippen LogP contribution in [-0.4, -0.2) is 0 Å². The first-order valence-electron chi connectivity index (χ1n) is 29.6. The van der Waals surface area contributed by atoms with Crippen molar-refractivity contribution in [3.05, 3.63) is 292 Å². The van der Waals surface area contributed by atoms with E-state index in [0.29, 0.717) is 0 Å². The second-order valence-electron chi connectivity index (χ2n) is 26.9. The highest BCUT2D eigenvalue weighted by Gasteiger charge is 2.52. The lowest BCUT2D eigenvalue weighted by atomic mass is 9.68. The second-order valence-corrected chi connectivity index (χ2v) is 26.9. The smallest absolute Gasteiger partial charge is 0.0725 e. The fourth-order valence-electron chi connectivity index (χ4n) is 15.1. The van der Waals surface area contributed by atoms with Crippen molar-refractivity contribution in [1.29, 1.82) is 0 Å². The predicted molar refractivity (Wildman–Crippen MR) is 346 cm³/mol. The third-order valence-corrected chi connectivity index (χ3v) is 19.4. The first kappa shape index (κ1) is 50.2. The molecule has 0 saturated heterocycles. The number of fused-ring (bicyclic) bond motifs is 16. The molecular formula is C81H69N. The highest BCUT2D eigenvalue weighted by molar-refractivity contribution is 6.00. The molecule has 0 bridgehead atoms. The van der Waals surface area contributed by atoms with Crippen molar-refractivity contribution in [1.82, 2.24) is 0 Å². The van der Waals surface area contributed by atoms with Crippen LogP contribution < -0.4 is 4.90 Å². The number of hydrogen-bond acceptors (Lipinski definition) is 1. The van der Waals surface area contributed by atoms with E-state index in [1.165, 1.54) is 134 Å². The van der Waals surface area contributed by atoms with E-state index >= 15 is 0 Å². The van der Waals surface area contributed by atoms with Crippen LogP contribution in [0.25, 0.3) is 77.9 Å². The molecule has 15 rings (SSSR count). The molecule has 1 nitrogen and oxygen atoms in total. The molecule has 0 unspecified atom stereocenters. The fraction of sp³-hybridized carbons (Fsp3) is 0.185. The summed E-state index contributed by atoms with van der Waals surface area (Å²) in [7, 11) is 0. The molecule has 0 aliphatic heterocycles. The van der Waals surface area contributed by atoms with Crippen molar-refractivity contribution in [2.24, 2.45) is 0 Å². The molecule has 0 saturated carbocycles. The van der Waals surface area contributed by atoms with Crippen molar-refractivity contribution in [3.8, 4) is 77.9 Å². The van der Waals surface area contributed by atoms with Crippen LogP contribution in [0.3, 0.4) is 0 Å². The zero-order chi connectivity index (χ0) is 56.2. The topological polar surface area (TPSA) is 3.24 Å². The summed E-state index contributed by atoms with van der Waals surface area (Å²) in [4.78, 5) is 2.50. The molecule has 82 heavy (non-hydrogen) atoms. The number of benzene rings is 11. The maximum atomic E-state index is 2.55. The van der Waals surface area contributed by atoms with E-state index in [-0.39, 0.29) is 21.7 Å². The summed E-state index contributed by atoms with van der Waals surface area (Å²) in [6.07, 6.45) is 0. The van der Waals surface area contributed by atoms with Crippen molar-refractivity contribution < 1.29 is 0 Å². The Hall–Kier alpha value is -8.78. The van der Waals surface area contributed by atoms with Crippen molar-refractivity contribution in [2.75, 3.05) is 4.90 Å². The van der Waals surface area contributed by atoms with Crippen LogP contribution in [0.15, 0.2) is 237 Å². The van der Waals surface area contributed by atoms with E-state index in [1.807, 2.05) is 0 Å². The maximum absolute atomic E-state index is 2.55. The molecule has 0 N–H and O–H groups in total. The number of rotatable bonds is 6. The zero-order valence-electron chi connectivity index (χ0n) is 49.0. The highest BCUT2D eigenvalue weighted by atomic mass is 15.1. The molecule has 0 atom stereocenters. The first-order valence-corrected chi connectivity index (χ1v) is 29.6. The van der Waals surface area contributed by atoms with Crippen molar-refractivity contribution in [3.63, 3.8) is 0 Å². The van der Waals surface area contributed by atoms with Crippen LogP contribution in [0, 0.1) is 0 Å². The van der Waals surface area contributed by atoms with Crippen LogP contribution in [-0.2, 0) is 27.1 Å². The summed E-state index contributed by atoms with van der Waals surface area (Å²) in [5, 5.41) is 0. The number of anilines is 3. The van der Waals surface area contributed by atoms with Crippen LogP contribution in [0.2, 0.25) is 0 Å². The van der Waals surface area contributed by atoms with Gasteiger partial charge in [-0.1, -0.05) is 263 Å². The molecule has 11 aromatic carbocycles. The molecule has 1 spiro atoms. The van der Waals surface area contributed by atoms with Gasteiger partial charge < -0.3 is 4.90 Å². The Labute approximate surface area is 485 Å². The zero-order valence-corrected chi connectivity index (χ0v) is 49.0. The number of para-hydroxylation sites is 1. The Morgan fingerprint density at radius 3 is 1.32 bits per heavy atom. The Bertz CT molecular complexity index is 4400. The summed E-state index contributed by atoms with van der Waals surface area (Å²) >= 11 is 0. The molecule has 0 amide bonds. The quantitative estimate of drug-likeness (QED) is 0.160. The highest BCUT2D eigenvalue weighted by Crippen LogP contribution is 2.64. The molecule has 11 aromatic rings. The maximum Gasteiger partial charge on any atom is 0.0725 e. The molecule has 4 aliphatic rings. The SMILES string of the molecule is CC(C)(C)c1ccc2c(c1)C1(c3ccccc3-c3ccc(-c4ccc(N(c5cccc(-c6ccc7c(c6)C(C)(C)c6ccccc6-7)c5)c5ccccc5-c5cccc6c5-c5ccccc5C6(C)C)cc4)cc31)c1cc(C(C)(C)C)ccc1-2. The van der Waals surface area contributed by atoms with Gasteiger partial charge in [0.25, 0.3) is 0 Å². The van der Waals surface area contributed by atoms with Crippen LogP contribution >= 0.6 is 0 Å². The molecule has 0 fully saturated rings. The minimum absolute atomic E-state index is 0.0166. The Balaban J connectivity index is 0.899. The van der Waals surface area contributed by atoms with E-state index < -0.39 is 5.41 Å². The van der Waals surface area contributed by atoms with Gasteiger partial charge in [-0.25, -0.2) is 0 Å². The fourth-order valence-corrected chi connectivity index (χ4v) is 15.1. The van der Waals surface area contributed by atoms with E-state index in [0.717, 1.165) is 17.1 Å². The Morgan fingerprint density at radius 2 is 0.683 bits per heavy atom. The van der Waals surface area contributed by atoms with Gasteiger partial charge in [0, 0.05) is 27.8 Å². The number of hydrogen-bond donors (Lipinski definition) is 0. The molecule has 398 valence electrons. The predicted octanol–water partition coefficient (Wildman–Crippen LogP) is 21.7. The van der Waals surface area contributed by atoms with Gasteiger partial charge in [0.2, 0.25) is 0 Å². The monoisotopic (exact) mass is 1060 g/mol. The summed E-state index contributed by atoms with van der Waals surface area (Å²) in [6, 6.07) is 91.0. The molecule has 4 aliphatic carbocycles. The average molecular weight is 1060 g/mol. The van der Waals surface area contributed by atoms with Crippen LogP contribution in [0.5, 0.6) is 0 Å². The van der Waals surface area contributed by atoms with Gasteiger partial charge in [-0.05, 0) is 181 Å². The largest absolute Gasteiger partial charge is 0.310 e. The third kappa shape index (κ3) is 7.18. The van der Waals surface area contributed by atoms with Crippen molar-refractivity contribution >= 4 is 17.1 Å². The normalized spacial score (nSPS) is 15.0. The third-order valence-electron chi connectivity index (χ3n) is 19.4. The summed E-state index contributed by atoms with van der Waals surface area (Å²) in [5.41, 5.74) is 34.2. The second kappa shape index (κ2) is 17.6. The Kier molecular flexibility index (Phi) is 10.8. The molecular weight excluding hydrogens is 987 g/mol. The van der Waals surface area contributed by atoms with Gasteiger partial charge in [0.15, 0.2) is 0 Å². The molecule has 1 heteroatoms. The van der Waals surface area contributed by atoms with Gasteiger partial charge in [-0.3, -0.25) is 0 Å². The summed E-state index contributed by atoms with van der Waals surface area (Å²) in [5.74, 6) is 0. The van der Waals surface area contributed by atoms with Gasteiger partial charge in [0.1, 0.15) is 0 Å². The standard InChI is InChI=1S/C81H69N/c1-77(2,3)54-37-43-62-63-44-38-55(78(4,5)6)49-74(63)81(73(62)48-54)69-30-17-12-24-59(69)61-42-35-52(47-72(61)81)50-33-39-56(40-34-50)82(57-22-19-21-51(45-57)53-36-41-60-58-23-11-15-28-67(58)80(9,10)71(60)46-53)75-32-18-14-25-64(75)65-27-20-31-70-76(65)66-26-13-16-29-68(66)79(70,7)8/h11-49H,1-10H3. The van der Waals surface area contributed by atoms with Gasteiger partial charge in [-0.15, -0.1) is 0 Å². The van der Waals surface area contributed by atoms with Gasteiger partial charge >= 0.3 is 0 Å². The average Bonchev–Trinajstić information content (AvgIpc) is 1.61. The summed E-state index contributed by atoms with van der Waals surface area (Å²) in [6.45, 7) is 23.6. The minimum atomic E-state index is -0.480. The van der Waals surface area contributed by atoms with Gasteiger partial charge in [0.05, 0.1) is 11.1 Å². The van der Waals surface area contributed by atoms with E-state index in [2.05, 4.69) is 311 Å². The summed E-state index contributed by atoms with van der Waals surface area (Å²) < 4.78 is 0. The molecule has 0 heterocycles. The lowest BCUT2D eigenvalue weighted by Crippen LogP contribution is -2.27. The minimum Gasteiger partial charge on any atom is -0.310 e. The van der Waals surface area contributed by atoms with E-state index in [1.54, 1.807) is 0 Å². The van der Waals surface area contributed by atoms with E-state index in [9.17, 15) is 0 Å². The lowest BCUT2D eigenvalue weighted by molar-refractivity contribution is 0.586. The molecule has 0 radical (unpaired) electrons. The van der Waals surface area contributed by atoms with E-state index in [4.69, 9.17) is 0 Å². The molecule has 0 aromatic heterocycles. The van der Waals surface area contributed by atoms with Crippen LogP contribution in [0.1, 0.15) is 125 Å². The number of nitrogens with zero attached hydrogens (tertiary/aromatic N) is 1. The lowest BCUT2D eigenvalue weighted by Gasteiger charge is -2.33. The van der Waals surface area contributed by atoms with Gasteiger partial charge in [-0.2, -0.15) is 0 Å². The Morgan fingerprint density at radius 1 is 0.268 bits per heavy atom. The van der Waals surface area contributed by atoms with Crippen LogP contribution in [0.4, 0.5) is 17.1 Å².